The van der Waals surface area contributed by atoms with Crippen LogP contribution >= 0.6 is 11.6 Å². The molecule has 1 atom stereocenters. The lowest BCUT2D eigenvalue weighted by Gasteiger charge is -2.18. The number of nitrogens with one attached hydrogen (secondary N) is 1. The number of amides is 1. The van der Waals surface area contributed by atoms with E-state index in [1.807, 2.05) is 0 Å². The number of nitrogens with zero attached hydrogens (tertiary/aromatic N) is 1. The molecule has 1 aliphatic heterocycles. The summed E-state index contributed by atoms with van der Waals surface area (Å²) in [6, 6.07) is 3.00. The maximum Gasteiger partial charge on any atom is 0.330 e. The van der Waals surface area contributed by atoms with E-state index in [2.05, 4.69) is 5.32 Å². The fraction of sp³-hybridized carbons (Fsp3) is 0.429. The number of hydrogen-bond donors (Lipinski definition) is 2. The number of carboxylic acids is 1. The van der Waals surface area contributed by atoms with Crippen LogP contribution in [-0.4, -0.2) is 55.7 Å². The van der Waals surface area contributed by atoms with E-state index in [4.69, 9.17) is 16.3 Å². The Balaban J connectivity index is 2.12. The predicted octanol–water partition coefficient (Wildman–Crippen LogP) is 0.626. The van der Waals surface area contributed by atoms with Gasteiger partial charge in [-0.25, -0.2) is 13.2 Å². The second-order valence-electron chi connectivity index (χ2n) is 5.24. The summed E-state index contributed by atoms with van der Waals surface area (Å²) in [5.74, 6) is -1.61. The van der Waals surface area contributed by atoms with Crippen LogP contribution in [0.15, 0.2) is 18.2 Å². The molecule has 2 N–H and O–H groups in total. The van der Waals surface area contributed by atoms with Crippen molar-refractivity contribution in [3.05, 3.63) is 28.8 Å². The number of carboxylic acid groups (broad SMARTS) is 1. The molecule has 1 saturated heterocycles. The van der Waals surface area contributed by atoms with Crippen LogP contribution in [0.4, 0.5) is 0 Å². The predicted molar refractivity (Wildman–Crippen MR) is 86.5 cm³/mol. The average Bonchev–Trinajstić information content (AvgIpc) is 2.83. The lowest BCUT2D eigenvalue weighted by Crippen LogP contribution is -2.41. The van der Waals surface area contributed by atoms with Crippen LogP contribution in [0, 0.1) is 0 Å². The van der Waals surface area contributed by atoms with Gasteiger partial charge in [0.25, 0.3) is 0 Å². The van der Waals surface area contributed by atoms with Crippen LogP contribution in [0.3, 0.4) is 0 Å². The highest BCUT2D eigenvalue weighted by atomic mass is 35.5. The summed E-state index contributed by atoms with van der Waals surface area (Å²) in [5, 5.41) is 11.9. The first-order valence-electron chi connectivity index (χ1n) is 7.08. The van der Waals surface area contributed by atoms with Crippen molar-refractivity contribution in [2.45, 2.75) is 12.5 Å². The molecule has 1 amide bonds. The molecule has 1 heterocycles. The van der Waals surface area contributed by atoms with Crippen molar-refractivity contribution in [1.29, 1.82) is 0 Å². The Bertz CT molecular complexity index is 752. The van der Waals surface area contributed by atoms with Gasteiger partial charge in [0.05, 0.1) is 24.4 Å². The molecule has 0 radical (unpaired) electrons. The molecule has 10 heteroatoms. The lowest BCUT2D eigenvalue weighted by atomic mass is 10.1. The van der Waals surface area contributed by atoms with Gasteiger partial charge in [0, 0.05) is 6.54 Å². The van der Waals surface area contributed by atoms with E-state index in [-0.39, 0.29) is 22.9 Å². The minimum Gasteiger partial charge on any atom is -0.495 e. The Labute approximate surface area is 144 Å². The first-order valence-corrected chi connectivity index (χ1v) is 9.06. The van der Waals surface area contributed by atoms with Crippen molar-refractivity contribution in [1.82, 2.24) is 9.62 Å². The van der Waals surface area contributed by atoms with Gasteiger partial charge in [0.2, 0.25) is 15.9 Å². The van der Waals surface area contributed by atoms with Crippen molar-refractivity contribution in [3.63, 3.8) is 0 Å². The zero-order valence-corrected chi connectivity index (χ0v) is 14.4. The van der Waals surface area contributed by atoms with Crippen LogP contribution < -0.4 is 10.1 Å². The average molecular weight is 377 g/mol. The highest BCUT2D eigenvalue weighted by Crippen LogP contribution is 2.27. The first kappa shape index (κ1) is 18.5. The monoisotopic (exact) mass is 376 g/mol. The number of carbonyl (C=O) groups is 2. The minimum atomic E-state index is -3.43. The number of aliphatic carboxylic acids is 1. The van der Waals surface area contributed by atoms with E-state index >= 15 is 0 Å². The highest BCUT2D eigenvalue weighted by Gasteiger charge is 2.31. The summed E-state index contributed by atoms with van der Waals surface area (Å²) in [5.41, 5.74) is 0.255. The molecule has 0 spiro atoms. The normalized spacial score (nSPS) is 18.1. The van der Waals surface area contributed by atoms with E-state index in [1.165, 1.54) is 25.3 Å². The SMILES string of the molecule is COc1ccc(C(NC(=O)CN2CCCS2(=O)=O)C(=O)O)cc1Cl. The Morgan fingerprint density at radius 1 is 1.46 bits per heavy atom. The molecule has 0 aliphatic carbocycles. The third-order valence-corrected chi connectivity index (χ3v) is 5.78. The molecular weight excluding hydrogens is 360 g/mol. The molecule has 132 valence electrons. The molecule has 1 fully saturated rings. The Kier molecular flexibility index (Phi) is 5.68. The molecule has 24 heavy (non-hydrogen) atoms. The molecule has 8 nitrogen and oxygen atoms in total. The number of methoxy groups -OCH3 is 1. The van der Waals surface area contributed by atoms with Gasteiger partial charge in [-0.2, -0.15) is 4.31 Å². The minimum absolute atomic E-state index is 0.00325. The standard InChI is InChI=1S/C14H17ClN2O6S/c1-23-11-4-3-9(7-10(11)15)13(14(19)20)16-12(18)8-17-5-2-6-24(17,21)22/h3-4,7,13H,2,5-6,8H2,1H3,(H,16,18)(H,19,20). The topological polar surface area (TPSA) is 113 Å². The Morgan fingerprint density at radius 2 is 2.17 bits per heavy atom. The van der Waals surface area contributed by atoms with Gasteiger partial charge in [-0.05, 0) is 24.1 Å². The number of rotatable bonds is 6. The Hall–Kier alpha value is -1.84. The molecule has 1 aromatic rings. The summed E-state index contributed by atoms with van der Waals surface area (Å²) in [4.78, 5) is 23.5. The number of carbonyl (C=O) groups excluding carboxylic acids is 1. The van der Waals surface area contributed by atoms with E-state index in [1.54, 1.807) is 0 Å². The van der Waals surface area contributed by atoms with Gasteiger partial charge in [0.15, 0.2) is 6.04 Å². The molecule has 0 saturated carbocycles. The Morgan fingerprint density at radius 3 is 2.67 bits per heavy atom. The molecule has 1 unspecified atom stereocenters. The number of hydrogen-bond acceptors (Lipinski definition) is 5. The number of benzene rings is 1. The van der Waals surface area contributed by atoms with Crippen LogP contribution in [0.1, 0.15) is 18.0 Å². The maximum absolute atomic E-state index is 12.0. The quantitative estimate of drug-likeness (QED) is 0.752. The molecular formula is C14H17ClN2O6S. The van der Waals surface area contributed by atoms with Crippen LogP contribution in [0.2, 0.25) is 5.02 Å². The molecule has 1 aromatic carbocycles. The summed E-state index contributed by atoms with van der Waals surface area (Å²) >= 11 is 5.97. The van der Waals surface area contributed by atoms with Crippen molar-refractivity contribution >= 4 is 33.5 Å². The van der Waals surface area contributed by atoms with Gasteiger partial charge < -0.3 is 15.2 Å². The third kappa shape index (κ3) is 4.16. The molecule has 1 aliphatic rings. The van der Waals surface area contributed by atoms with Gasteiger partial charge in [-0.15, -0.1) is 0 Å². The van der Waals surface area contributed by atoms with Crippen molar-refractivity contribution in [2.24, 2.45) is 0 Å². The lowest BCUT2D eigenvalue weighted by molar-refractivity contribution is -0.142. The third-order valence-electron chi connectivity index (χ3n) is 3.58. The number of sulfonamides is 1. The van der Waals surface area contributed by atoms with Crippen LogP contribution in [-0.2, 0) is 19.6 Å². The fourth-order valence-electron chi connectivity index (χ4n) is 2.39. The summed E-state index contributed by atoms with van der Waals surface area (Å²) in [6.07, 6.45) is 0.450. The second kappa shape index (κ2) is 7.37. The molecule has 0 bridgehead atoms. The summed E-state index contributed by atoms with van der Waals surface area (Å²) in [7, 11) is -2.01. The van der Waals surface area contributed by atoms with E-state index in [0.29, 0.717) is 12.2 Å². The number of halogens is 1. The first-order chi connectivity index (χ1) is 11.2. The number of ether oxygens (including phenoxy) is 1. The van der Waals surface area contributed by atoms with Crippen molar-refractivity contribution in [3.8, 4) is 5.75 Å². The molecule has 2 rings (SSSR count). The van der Waals surface area contributed by atoms with Crippen molar-refractivity contribution in [2.75, 3.05) is 26.0 Å². The van der Waals surface area contributed by atoms with Gasteiger partial charge in [-0.3, -0.25) is 4.79 Å². The zero-order chi connectivity index (χ0) is 17.9. The van der Waals surface area contributed by atoms with E-state index in [9.17, 15) is 23.1 Å². The second-order valence-corrected chi connectivity index (χ2v) is 7.73. The maximum atomic E-state index is 12.0. The van der Waals surface area contributed by atoms with Gasteiger partial charge in [-0.1, -0.05) is 17.7 Å². The smallest absolute Gasteiger partial charge is 0.330 e. The van der Waals surface area contributed by atoms with Crippen LogP contribution in [0.5, 0.6) is 5.75 Å². The summed E-state index contributed by atoms with van der Waals surface area (Å²) < 4.78 is 29.4. The van der Waals surface area contributed by atoms with Crippen molar-refractivity contribution < 1.29 is 27.9 Å². The summed E-state index contributed by atoms with van der Waals surface area (Å²) in [6.45, 7) is -0.155. The highest BCUT2D eigenvalue weighted by molar-refractivity contribution is 7.89. The van der Waals surface area contributed by atoms with Gasteiger partial charge >= 0.3 is 5.97 Å². The molecule has 0 aromatic heterocycles. The van der Waals surface area contributed by atoms with Gasteiger partial charge in [0.1, 0.15) is 5.75 Å². The van der Waals surface area contributed by atoms with E-state index < -0.39 is 34.5 Å². The largest absolute Gasteiger partial charge is 0.495 e. The van der Waals surface area contributed by atoms with Crippen LogP contribution in [0.25, 0.3) is 0 Å². The zero-order valence-electron chi connectivity index (χ0n) is 12.9. The van der Waals surface area contributed by atoms with E-state index in [0.717, 1.165) is 4.31 Å². The fourth-order valence-corrected chi connectivity index (χ4v) is 4.12.